The molecule has 0 spiro atoms. The molecule has 310 valence electrons. The maximum absolute atomic E-state index is 14.5. The third-order valence-corrected chi connectivity index (χ3v) is 9.38. The molecule has 0 bridgehead atoms. The van der Waals surface area contributed by atoms with Crippen LogP contribution in [0.15, 0.2) is 78.9 Å². The summed E-state index contributed by atoms with van der Waals surface area (Å²) in [5.41, 5.74) is -0.683. The standard InChI is InChI=1S/C45H58N5O7P/c1-41(2,3)35-28-36(47-37(46-35)42(4,5)6)52-29-16-22-32(23-17-29)55-58(51,57-34-26-20-31(21-27-34)54-45(13,14)15)56-33-24-18-30(19-25-33)53-40-49-38(43(7,8)9)48-39(50-40)44(10,11)12/h16-28H,1-15H3. The van der Waals surface area contributed by atoms with E-state index in [0.717, 1.165) is 5.69 Å². The maximum Gasteiger partial charge on any atom is 0.647 e. The number of phosphoric acid groups is 1. The summed E-state index contributed by atoms with van der Waals surface area (Å²) in [5, 5.41) is 0. The van der Waals surface area contributed by atoms with Crippen molar-refractivity contribution in [1.29, 1.82) is 0 Å². The maximum atomic E-state index is 14.5. The van der Waals surface area contributed by atoms with Gasteiger partial charge in [0.2, 0.25) is 5.88 Å². The monoisotopic (exact) mass is 811 g/mol. The van der Waals surface area contributed by atoms with Crippen molar-refractivity contribution in [2.45, 2.75) is 131 Å². The van der Waals surface area contributed by atoms with Crippen LogP contribution in [0.1, 0.15) is 127 Å². The van der Waals surface area contributed by atoms with Crippen LogP contribution in [0.4, 0.5) is 0 Å². The summed E-state index contributed by atoms with van der Waals surface area (Å²) in [6, 6.07) is 21.9. The van der Waals surface area contributed by atoms with Crippen LogP contribution in [0.2, 0.25) is 0 Å². The van der Waals surface area contributed by atoms with Gasteiger partial charge in [0.25, 0.3) is 0 Å². The highest BCUT2D eigenvalue weighted by Gasteiger charge is 2.34. The van der Waals surface area contributed by atoms with Gasteiger partial charge in [-0.15, -0.1) is 0 Å². The summed E-state index contributed by atoms with van der Waals surface area (Å²) in [7, 11) is -4.38. The lowest BCUT2D eigenvalue weighted by Gasteiger charge is -2.23. The van der Waals surface area contributed by atoms with Crippen molar-refractivity contribution < 1.29 is 32.3 Å². The highest BCUT2D eigenvalue weighted by molar-refractivity contribution is 7.49. The topological polar surface area (TPSA) is 137 Å². The fourth-order valence-electron chi connectivity index (χ4n) is 5.00. The smallest absolute Gasteiger partial charge is 0.488 e. The van der Waals surface area contributed by atoms with Gasteiger partial charge in [-0.2, -0.15) is 19.5 Å². The molecule has 5 aromatic rings. The number of aromatic nitrogens is 5. The van der Waals surface area contributed by atoms with Gasteiger partial charge in [0.05, 0.1) is 5.69 Å². The van der Waals surface area contributed by atoms with E-state index >= 15 is 0 Å². The van der Waals surface area contributed by atoms with Gasteiger partial charge in [0, 0.05) is 27.7 Å². The van der Waals surface area contributed by atoms with E-state index in [-0.39, 0.29) is 44.9 Å². The molecule has 0 aliphatic rings. The van der Waals surface area contributed by atoms with E-state index in [9.17, 15) is 4.57 Å². The van der Waals surface area contributed by atoms with Crippen molar-refractivity contribution >= 4 is 7.82 Å². The van der Waals surface area contributed by atoms with Gasteiger partial charge >= 0.3 is 13.8 Å². The zero-order valence-corrected chi connectivity index (χ0v) is 37.4. The first-order valence-electron chi connectivity index (χ1n) is 19.3. The van der Waals surface area contributed by atoms with Gasteiger partial charge in [-0.1, -0.05) is 83.1 Å². The highest BCUT2D eigenvalue weighted by Crippen LogP contribution is 2.50. The molecular formula is C45H58N5O7P. The van der Waals surface area contributed by atoms with Gasteiger partial charge in [-0.3, -0.25) is 0 Å². The van der Waals surface area contributed by atoms with E-state index in [1.54, 1.807) is 72.8 Å². The lowest BCUT2D eigenvalue weighted by molar-refractivity contribution is 0.131. The average Bonchev–Trinajstić information content (AvgIpc) is 3.08. The fourth-order valence-corrected chi connectivity index (χ4v) is 6.25. The van der Waals surface area contributed by atoms with Gasteiger partial charge in [-0.05, 0) is 93.6 Å². The van der Waals surface area contributed by atoms with Crippen LogP contribution in [0.25, 0.3) is 0 Å². The highest BCUT2D eigenvalue weighted by atomic mass is 31.2. The second-order valence-corrected chi connectivity index (χ2v) is 20.7. The molecule has 0 saturated carbocycles. The molecule has 0 aliphatic carbocycles. The molecule has 0 amide bonds. The van der Waals surface area contributed by atoms with Crippen molar-refractivity contribution in [1.82, 2.24) is 24.9 Å². The number of hydrogen-bond acceptors (Lipinski definition) is 12. The Bertz CT molecular complexity index is 2040. The molecule has 58 heavy (non-hydrogen) atoms. The second-order valence-electron chi connectivity index (χ2n) is 19.2. The molecule has 0 radical (unpaired) electrons. The molecule has 0 aliphatic heterocycles. The Morgan fingerprint density at radius 2 is 0.776 bits per heavy atom. The minimum atomic E-state index is -4.38. The lowest BCUT2D eigenvalue weighted by atomic mass is 9.90. The third kappa shape index (κ3) is 12.4. The summed E-state index contributed by atoms with van der Waals surface area (Å²) < 4.78 is 50.7. The van der Waals surface area contributed by atoms with Crippen LogP contribution in [-0.4, -0.2) is 30.5 Å². The van der Waals surface area contributed by atoms with Gasteiger partial charge in [-0.25, -0.2) is 9.97 Å². The van der Waals surface area contributed by atoms with Crippen LogP contribution in [-0.2, 0) is 26.2 Å². The molecule has 13 heteroatoms. The van der Waals surface area contributed by atoms with Crippen LogP contribution >= 0.6 is 7.82 Å². The van der Waals surface area contributed by atoms with Gasteiger partial charge in [0.15, 0.2) is 0 Å². The minimum Gasteiger partial charge on any atom is -0.488 e. The van der Waals surface area contributed by atoms with Crippen LogP contribution in [0, 0.1) is 0 Å². The van der Waals surface area contributed by atoms with E-state index in [4.69, 9.17) is 42.7 Å². The van der Waals surface area contributed by atoms with Crippen molar-refractivity contribution in [3.63, 3.8) is 0 Å². The summed E-state index contributed by atoms with van der Waals surface area (Å²) in [6.45, 7) is 30.5. The molecular weight excluding hydrogens is 753 g/mol. The fraction of sp³-hybridized carbons (Fsp3) is 0.444. The first-order valence-corrected chi connectivity index (χ1v) is 20.8. The van der Waals surface area contributed by atoms with Crippen molar-refractivity contribution in [3.8, 4) is 46.4 Å². The molecule has 0 N–H and O–H groups in total. The average molecular weight is 812 g/mol. The largest absolute Gasteiger partial charge is 0.647 e. The SMILES string of the molecule is CC(C)(C)Oc1ccc(OP(=O)(Oc2ccc(Oc3cc(C(C)(C)C)nc(C(C)(C)C)n3)cc2)Oc2ccc(Oc3nc(C(C)(C)C)nc(C(C)(C)C)n3)cc2)cc1. The molecule has 0 fully saturated rings. The van der Waals surface area contributed by atoms with Crippen molar-refractivity contribution in [2.24, 2.45) is 0 Å². The Morgan fingerprint density at radius 3 is 1.16 bits per heavy atom. The van der Waals surface area contributed by atoms with Crippen LogP contribution in [0.3, 0.4) is 0 Å². The second kappa shape index (κ2) is 16.2. The summed E-state index contributed by atoms with van der Waals surface area (Å²) in [4.78, 5) is 23.4. The van der Waals surface area contributed by atoms with E-state index in [0.29, 0.717) is 40.6 Å². The van der Waals surface area contributed by atoms with E-state index in [2.05, 4.69) is 51.5 Å². The van der Waals surface area contributed by atoms with Crippen molar-refractivity contribution in [2.75, 3.05) is 0 Å². The molecule has 2 aromatic heterocycles. The molecule has 2 heterocycles. The third-order valence-electron chi connectivity index (χ3n) is 8.08. The first-order chi connectivity index (χ1) is 26.6. The van der Waals surface area contributed by atoms with E-state index in [1.807, 2.05) is 68.4 Å². The number of hydrogen-bond donors (Lipinski definition) is 0. The molecule has 3 aromatic carbocycles. The number of nitrogens with zero attached hydrogens (tertiary/aromatic N) is 5. The van der Waals surface area contributed by atoms with Gasteiger partial charge < -0.3 is 27.8 Å². The van der Waals surface area contributed by atoms with E-state index in [1.165, 1.54) is 0 Å². The quantitative estimate of drug-likeness (QED) is 0.117. The number of ether oxygens (including phenoxy) is 3. The molecule has 12 nitrogen and oxygen atoms in total. The summed E-state index contributed by atoms with van der Waals surface area (Å²) >= 11 is 0. The minimum absolute atomic E-state index is 0.172. The lowest BCUT2D eigenvalue weighted by Crippen LogP contribution is -2.23. The van der Waals surface area contributed by atoms with Crippen LogP contribution < -0.4 is 27.8 Å². The first kappa shape index (κ1) is 43.9. The van der Waals surface area contributed by atoms with E-state index < -0.39 is 13.4 Å². The predicted octanol–water partition coefficient (Wildman–Crippen LogP) is 12.3. The van der Waals surface area contributed by atoms with Gasteiger partial charge in [0.1, 0.15) is 57.6 Å². The molecule has 1 unspecified atom stereocenters. The van der Waals surface area contributed by atoms with Crippen LogP contribution in [0.5, 0.6) is 46.4 Å². The Hall–Kier alpha value is -5.22. The predicted molar refractivity (Wildman–Crippen MR) is 226 cm³/mol. The van der Waals surface area contributed by atoms with Crippen molar-refractivity contribution in [3.05, 3.63) is 102 Å². The Morgan fingerprint density at radius 1 is 0.414 bits per heavy atom. The Labute approximate surface area is 343 Å². The molecule has 1 atom stereocenters. The normalized spacial score (nSPS) is 13.6. The number of phosphoric ester groups is 1. The zero-order chi connectivity index (χ0) is 42.9. The molecule has 0 saturated heterocycles. The summed E-state index contributed by atoms with van der Waals surface area (Å²) in [5.74, 6) is 4.56. The number of rotatable bonds is 11. The Kier molecular flexibility index (Phi) is 12.3. The Balaban J connectivity index is 1.39. The molecule has 5 rings (SSSR count). The zero-order valence-electron chi connectivity index (χ0n) is 36.5. The number of benzene rings is 3. The summed E-state index contributed by atoms with van der Waals surface area (Å²) in [6.07, 6.45) is 0.